The number of aliphatic hydroxyl groups excluding tert-OH is 1. The molecule has 0 aliphatic carbocycles. The van der Waals surface area contributed by atoms with E-state index in [4.69, 9.17) is 29.4 Å². The largest absolute Gasteiger partial charge is 0.390 e. The van der Waals surface area contributed by atoms with E-state index in [-0.39, 0.29) is 42.7 Å². The zero-order chi connectivity index (χ0) is 39.8. The van der Waals surface area contributed by atoms with Crippen molar-refractivity contribution in [3.63, 3.8) is 0 Å². The van der Waals surface area contributed by atoms with E-state index in [0.29, 0.717) is 31.7 Å². The summed E-state index contributed by atoms with van der Waals surface area (Å²) < 4.78 is 36.6. The van der Waals surface area contributed by atoms with E-state index < -0.39 is 35.2 Å². The van der Waals surface area contributed by atoms with Gasteiger partial charge in [0.2, 0.25) is 0 Å². The Labute approximate surface area is 333 Å². The van der Waals surface area contributed by atoms with E-state index in [9.17, 15) is 10.2 Å². The first-order chi connectivity index (χ1) is 26.7. The van der Waals surface area contributed by atoms with Crippen LogP contribution in [0.4, 0.5) is 5.82 Å². The number of nitrogens with zero attached hydrogens (tertiary/aromatic N) is 3. The molecule has 310 valence electrons. The van der Waals surface area contributed by atoms with Crippen molar-refractivity contribution in [3.8, 4) is 0 Å². The molecule has 5 saturated heterocycles. The standard InChI is InChI=1S/C44H67N5O7/c1-8-9-10-11-15-35-42(5,51)19-16-32-33(52-35)17-20-43(6)37(53-32)23-34-39(56-43)30(50)24-44(7)36(54-34)22-29(4)31(55-44)14-12-13-27(2)28(3)18-21-49-26-48-41-38(49)40(45)46-25-47-41/h8-10,13,18,25-26,29-37,39-40,50-51H,1,11-12,14-17,19-24,45H2,2-7H3,(H,46,47)/b10-9-,27-13+,28-18+. The average molecular weight is 778 g/mol. The van der Waals surface area contributed by atoms with Crippen molar-refractivity contribution in [3.05, 3.63) is 60.1 Å². The number of ether oxygens (including phenoxy) is 5. The summed E-state index contributed by atoms with van der Waals surface area (Å²) in [4.78, 5) is 8.69. The van der Waals surface area contributed by atoms with Crippen LogP contribution in [0.25, 0.3) is 0 Å². The molecule has 0 saturated carbocycles. The Morgan fingerprint density at radius 3 is 2.52 bits per heavy atom. The molecule has 12 nitrogen and oxygen atoms in total. The minimum Gasteiger partial charge on any atom is -0.390 e. The molecule has 6 aliphatic rings. The quantitative estimate of drug-likeness (QED) is 0.192. The molecule has 56 heavy (non-hydrogen) atoms. The Hall–Kier alpha value is -2.68. The van der Waals surface area contributed by atoms with Crippen molar-refractivity contribution in [1.82, 2.24) is 9.55 Å². The van der Waals surface area contributed by atoms with Crippen LogP contribution < -0.4 is 11.1 Å². The van der Waals surface area contributed by atoms with Gasteiger partial charge in [0.05, 0.1) is 78.3 Å². The first kappa shape index (κ1) is 41.5. The number of aromatic nitrogens is 2. The lowest BCUT2D eigenvalue weighted by molar-refractivity contribution is -0.273. The third-order valence-electron chi connectivity index (χ3n) is 13.8. The van der Waals surface area contributed by atoms with Crippen molar-refractivity contribution in [2.24, 2.45) is 16.6 Å². The summed E-state index contributed by atoms with van der Waals surface area (Å²) in [6.07, 6.45) is 19.0. The number of aliphatic imine (C=N–C) groups is 1. The predicted molar refractivity (Wildman–Crippen MR) is 217 cm³/mol. The number of anilines is 1. The maximum Gasteiger partial charge on any atom is 0.156 e. The minimum atomic E-state index is -0.931. The number of rotatable bonds is 10. The zero-order valence-corrected chi connectivity index (χ0v) is 34.4. The fourth-order valence-electron chi connectivity index (χ4n) is 10.0. The SMILES string of the molecule is C=C/C=C\CCC1OC2CCC3(C)OC4C(O)CC5(C)OC(CC/C=C(C)/C(C)=C/Cn6cnc7c6C(N)N=CN7)C(C)CC5OC4CC3OC2CCC1(C)O. The molecule has 1 aromatic heterocycles. The average Bonchev–Trinajstić information content (AvgIpc) is 3.42. The Bertz CT molecular complexity index is 1670. The van der Waals surface area contributed by atoms with E-state index in [0.717, 1.165) is 62.9 Å². The lowest BCUT2D eigenvalue weighted by atomic mass is 9.79. The molecule has 6 aliphatic heterocycles. The summed E-state index contributed by atoms with van der Waals surface area (Å²) in [5.74, 6) is 1.05. The topological polar surface area (TPSA) is 155 Å². The molecule has 0 amide bonds. The number of imidazole rings is 1. The van der Waals surface area contributed by atoms with Crippen LogP contribution in [0.15, 0.2) is 59.4 Å². The highest BCUT2D eigenvalue weighted by molar-refractivity contribution is 5.77. The van der Waals surface area contributed by atoms with Gasteiger partial charge in [0.15, 0.2) is 5.82 Å². The molecule has 12 heteroatoms. The van der Waals surface area contributed by atoms with Gasteiger partial charge in [-0.05, 0) is 98.3 Å². The maximum atomic E-state index is 11.9. The Morgan fingerprint density at radius 2 is 1.71 bits per heavy atom. The van der Waals surface area contributed by atoms with Crippen LogP contribution in [-0.4, -0.2) is 97.8 Å². The third kappa shape index (κ3) is 8.69. The molecule has 0 radical (unpaired) electrons. The van der Waals surface area contributed by atoms with E-state index in [1.54, 1.807) is 18.7 Å². The van der Waals surface area contributed by atoms with Gasteiger partial charge in [-0.3, -0.25) is 4.99 Å². The van der Waals surface area contributed by atoms with Crippen molar-refractivity contribution in [2.75, 3.05) is 5.32 Å². The number of hydrogen-bond acceptors (Lipinski definition) is 11. The molecule has 7 heterocycles. The number of nitrogens with one attached hydrogen (secondary N) is 1. The summed E-state index contributed by atoms with van der Waals surface area (Å²) in [5.41, 5.74) is 7.37. The van der Waals surface area contributed by atoms with E-state index >= 15 is 0 Å². The van der Waals surface area contributed by atoms with Crippen LogP contribution in [0.2, 0.25) is 0 Å². The molecule has 5 fully saturated rings. The van der Waals surface area contributed by atoms with Gasteiger partial charge >= 0.3 is 0 Å². The molecule has 0 spiro atoms. The monoisotopic (exact) mass is 778 g/mol. The number of nitrogens with two attached hydrogens (primary N) is 1. The van der Waals surface area contributed by atoms with Gasteiger partial charge in [-0.25, -0.2) is 4.98 Å². The second-order valence-corrected chi connectivity index (χ2v) is 18.1. The van der Waals surface area contributed by atoms with Crippen LogP contribution >= 0.6 is 0 Å². The number of hydrogen-bond donors (Lipinski definition) is 4. The van der Waals surface area contributed by atoms with Crippen molar-refractivity contribution in [2.45, 2.75) is 197 Å². The summed E-state index contributed by atoms with van der Waals surface area (Å²) in [5, 5.41) is 26.3. The van der Waals surface area contributed by atoms with Crippen LogP contribution in [0.3, 0.4) is 0 Å². The maximum absolute atomic E-state index is 11.9. The second-order valence-electron chi connectivity index (χ2n) is 18.1. The highest BCUT2D eigenvalue weighted by atomic mass is 16.6. The highest BCUT2D eigenvalue weighted by Crippen LogP contribution is 2.49. The Kier molecular flexibility index (Phi) is 12.5. The number of aliphatic hydroxyl groups is 2. The van der Waals surface area contributed by atoms with Crippen molar-refractivity contribution >= 4 is 12.2 Å². The van der Waals surface area contributed by atoms with Gasteiger partial charge < -0.3 is 49.5 Å². The van der Waals surface area contributed by atoms with Gasteiger partial charge in [-0.2, -0.15) is 0 Å². The molecule has 14 unspecified atom stereocenters. The molecule has 14 atom stereocenters. The first-order valence-electron chi connectivity index (χ1n) is 21.1. The molecule has 0 bridgehead atoms. The van der Waals surface area contributed by atoms with Crippen molar-refractivity contribution in [1.29, 1.82) is 0 Å². The lowest BCUT2D eigenvalue weighted by Crippen LogP contribution is -2.59. The normalized spacial score (nSPS) is 42.9. The first-order valence-corrected chi connectivity index (χ1v) is 21.1. The van der Waals surface area contributed by atoms with E-state index in [2.05, 4.69) is 74.7 Å². The highest BCUT2D eigenvalue weighted by Gasteiger charge is 2.58. The zero-order valence-electron chi connectivity index (χ0n) is 34.4. The van der Waals surface area contributed by atoms with E-state index in [1.807, 2.05) is 17.6 Å². The van der Waals surface area contributed by atoms with Gasteiger partial charge in [-0.15, -0.1) is 0 Å². The lowest BCUT2D eigenvalue weighted by Gasteiger charge is -2.49. The molecule has 7 rings (SSSR count). The van der Waals surface area contributed by atoms with Gasteiger partial charge in [-0.1, -0.05) is 55.0 Å². The van der Waals surface area contributed by atoms with Crippen LogP contribution in [-0.2, 0) is 30.2 Å². The Balaban J connectivity index is 0.965. The Morgan fingerprint density at radius 1 is 0.982 bits per heavy atom. The predicted octanol–water partition coefficient (Wildman–Crippen LogP) is 6.59. The van der Waals surface area contributed by atoms with Crippen LogP contribution in [0.5, 0.6) is 0 Å². The fraction of sp³-hybridized carbons (Fsp3) is 0.727. The van der Waals surface area contributed by atoms with Crippen LogP contribution in [0, 0.1) is 5.92 Å². The molecule has 0 aromatic carbocycles. The number of allylic oxidation sites excluding steroid dienone is 7. The van der Waals surface area contributed by atoms with Crippen molar-refractivity contribution < 1.29 is 33.9 Å². The van der Waals surface area contributed by atoms with Gasteiger partial charge in [0.1, 0.15) is 18.0 Å². The summed E-state index contributed by atoms with van der Waals surface area (Å²) in [6, 6.07) is 0. The molecule has 1 aromatic rings. The summed E-state index contributed by atoms with van der Waals surface area (Å²) in [6.45, 7) is 17.1. The van der Waals surface area contributed by atoms with E-state index in [1.165, 1.54) is 11.1 Å². The third-order valence-corrected chi connectivity index (χ3v) is 13.8. The second kappa shape index (κ2) is 16.9. The minimum absolute atomic E-state index is 0.0478. The smallest absolute Gasteiger partial charge is 0.156 e. The molecule has 5 N–H and O–H groups in total. The molecular weight excluding hydrogens is 711 g/mol. The van der Waals surface area contributed by atoms with Gasteiger partial charge in [0.25, 0.3) is 0 Å². The fourth-order valence-corrected chi connectivity index (χ4v) is 10.0. The number of fused-ring (bicyclic) bond motifs is 5. The summed E-state index contributed by atoms with van der Waals surface area (Å²) in [7, 11) is 0. The molecular formula is C44H67N5O7. The summed E-state index contributed by atoms with van der Waals surface area (Å²) >= 11 is 0. The van der Waals surface area contributed by atoms with Crippen LogP contribution in [0.1, 0.15) is 124 Å². The van der Waals surface area contributed by atoms with Gasteiger partial charge in [0, 0.05) is 19.4 Å².